The zero-order chi connectivity index (χ0) is 48.5. The molecule has 8 heteroatoms. The van der Waals surface area contributed by atoms with Gasteiger partial charge in [-0.2, -0.15) is 0 Å². The maximum atomic E-state index is 13.6. The first kappa shape index (κ1) is 60.0. The topological polar surface area (TPSA) is 0 Å². The van der Waals surface area contributed by atoms with E-state index in [9.17, 15) is 17.6 Å². The Bertz CT molecular complexity index is 2160. The Morgan fingerprint density at radius 2 is 0.746 bits per heavy atom. The van der Waals surface area contributed by atoms with Gasteiger partial charge in [0.1, 0.15) is 23.3 Å². The van der Waals surface area contributed by atoms with E-state index in [4.69, 9.17) is 46.4 Å². The fourth-order valence-electron chi connectivity index (χ4n) is 5.81. The second kappa shape index (κ2) is 24.0. The van der Waals surface area contributed by atoms with Gasteiger partial charge < -0.3 is 0 Å². The Morgan fingerprint density at radius 1 is 0.365 bits per heavy atom. The maximum Gasteiger partial charge on any atom is 0.145 e. The average Bonchev–Trinajstić information content (AvgIpc) is 3.11. The lowest BCUT2D eigenvalue weighted by molar-refractivity contribution is 0.522. The van der Waals surface area contributed by atoms with E-state index < -0.39 is 0 Å². The smallest absolute Gasteiger partial charge is 0.145 e. The molecule has 0 atom stereocenters. The van der Waals surface area contributed by atoms with Crippen LogP contribution in [0.3, 0.4) is 0 Å². The van der Waals surface area contributed by atoms with Crippen LogP contribution in [0.25, 0.3) is 0 Å². The number of aryl methyl sites for hydroxylation is 4. The van der Waals surface area contributed by atoms with E-state index in [1.807, 2.05) is 115 Å². The van der Waals surface area contributed by atoms with E-state index in [-0.39, 0.29) is 72.8 Å². The summed E-state index contributed by atoms with van der Waals surface area (Å²) in [6.45, 7) is 37.9. The van der Waals surface area contributed by atoms with Crippen LogP contribution in [-0.4, -0.2) is 0 Å². The zero-order valence-electron chi connectivity index (χ0n) is 40.5. The van der Waals surface area contributed by atoms with Gasteiger partial charge in [-0.05, 0) is 117 Å². The van der Waals surface area contributed by atoms with Gasteiger partial charge in [0, 0.05) is 5.02 Å². The van der Waals surface area contributed by atoms with Crippen LogP contribution in [0.4, 0.5) is 17.6 Å². The molecular formula is C55H74Cl4F4. The lowest BCUT2D eigenvalue weighted by Crippen LogP contribution is -2.13. The van der Waals surface area contributed by atoms with Crippen molar-refractivity contribution in [1.29, 1.82) is 0 Å². The molecule has 0 amide bonds. The van der Waals surface area contributed by atoms with Crippen LogP contribution in [0.5, 0.6) is 0 Å². The molecule has 0 radical (unpaired) electrons. The highest BCUT2D eigenvalue weighted by molar-refractivity contribution is 6.32. The van der Waals surface area contributed by atoms with Gasteiger partial charge in [0.15, 0.2) is 0 Å². The summed E-state index contributed by atoms with van der Waals surface area (Å²) >= 11 is 23.3. The first-order valence-corrected chi connectivity index (χ1v) is 22.3. The number of benzene rings is 5. The van der Waals surface area contributed by atoms with Crippen LogP contribution >= 0.6 is 46.4 Å². The first-order valence-electron chi connectivity index (χ1n) is 20.8. The van der Waals surface area contributed by atoms with Gasteiger partial charge in [0.05, 0.1) is 15.1 Å². The van der Waals surface area contributed by atoms with Crippen molar-refractivity contribution in [1.82, 2.24) is 0 Å². The molecule has 0 nitrogen and oxygen atoms in total. The van der Waals surface area contributed by atoms with Crippen LogP contribution in [-0.2, 0) is 27.1 Å². The highest BCUT2D eigenvalue weighted by Gasteiger charge is 2.23. The lowest BCUT2D eigenvalue weighted by atomic mass is 9.86. The standard InChI is InChI=1S/2C11H14ClF.C11H15Cl.C11H15F.C10H12ClF.CH4/c2*1-7-5-6-8(11(2,3)4)10(13)9(7)12;1-8-5-6-9(7-10(8)12)11(2,3)4;1-8-5-6-10(12)9(7-8)11(2,3)4;1-10(2,3)7-5-4-6-8(11)9(7)12;/h2*5-6H,1-4H3;2*5-7H,1-4H3;4-6H,1-3H3;1H4. The quantitative estimate of drug-likeness (QED) is 0.136. The minimum Gasteiger partial charge on any atom is -0.207 e. The summed E-state index contributed by atoms with van der Waals surface area (Å²) in [7, 11) is 0. The fraction of sp³-hybridized carbons (Fsp3) is 0.455. The summed E-state index contributed by atoms with van der Waals surface area (Å²) in [6.07, 6.45) is 0. The van der Waals surface area contributed by atoms with Gasteiger partial charge in [-0.15, -0.1) is 0 Å². The molecule has 5 aromatic rings. The zero-order valence-corrected chi connectivity index (χ0v) is 43.6. The molecule has 5 rings (SSSR count). The summed E-state index contributed by atoms with van der Waals surface area (Å²) in [4.78, 5) is 0. The van der Waals surface area contributed by atoms with Crippen molar-refractivity contribution < 1.29 is 17.6 Å². The summed E-state index contributed by atoms with van der Waals surface area (Å²) in [6, 6.07) is 23.9. The van der Waals surface area contributed by atoms with Crippen LogP contribution in [0.2, 0.25) is 20.1 Å². The molecule has 350 valence electrons. The third-order valence-electron chi connectivity index (χ3n) is 9.89. The van der Waals surface area contributed by atoms with Gasteiger partial charge in [-0.1, -0.05) is 224 Å². The SMILES string of the molecule is C.CC(C)(C)c1cccc(Cl)c1F.Cc1ccc(C(C)(C)C)c(F)c1Cl.Cc1ccc(C(C)(C)C)c(F)c1Cl.Cc1ccc(C(C)(C)C)cc1Cl.Cc1ccc(F)c(C(C)(C)C)c1. The Balaban J connectivity index is 0.000000760. The van der Waals surface area contributed by atoms with Gasteiger partial charge >= 0.3 is 0 Å². The Labute approximate surface area is 400 Å². The molecule has 0 fully saturated rings. The molecule has 0 heterocycles. The summed E-state index contributed by atoms with van der Waals surface area (Å²) < 4.78 is 53.9. The first-order chi connectivity index (χ1) is 27.9. The molecular weight excluding hydrogens is 878 g/mol. The molecule has 0 N–H and O–H groups in total. The van der Waals surface area contributed by atoms with E-state index in [1.54, 1.807) is 50.2 Å². The maximum absolute atomic E-state index is 13.6. The number of hydrogen-bond acceptors (Lipinski definition) is 0. The van der Waals surface area contributed by atoms with E-state index in [2.05, 4.69) is 39.0 Å². The highest BCUT2D eigenvalue weighted by atomic mass is 35.5. The molecule has 5 aromatic carbocycles. The Hall–Kier alpha value is -3.02. The van der Waals surface area contributed by atoms with Crippen molar-refractivity contribution >= 4 is 46.4 Å². The third kappa shape index (κ3) is 18.8. The monoisotopic (exact) mass is 950 g/mol. The number of halogens is 8. The third-order valence-corrected chi connectivity index (χ3v) is 11.5. The van der Waals surface area contributed by atoms with Crippen LogP contribution in [0.15, 0.2) is 78.9 Å². The fourth-order valence-corrected chi connectivity index (χ4v) is 6.49. The minimum atomic E-state index is -0.299. The van der Waals surface area contributed by atoms with Crippen molar-refractivity contribution in [3.63, 3.8) is 0 Å². The van der Waals surface area contributed by atoms with Gasteiger partial charge in [0.2, 0.25) is 0 Å². The van der Waals surface area contributed by atoms with Crippen molar-refractivity contribution in [3.05, 3.63) is 172 Å². The van der Waals surface area contributed by atoms with Crippen LogP contribution < -0.4 is 0 Å². The van der Waals surface area contributed by atoms with Crippen molar-refractivity contribution in [2.24, 2.45) is 0 Å². The lowest BCUT2D eigenvalue weighted by Gasteiger charge is -2.20. The molecule has 0 spiro atoms. The van der Waals surface area contributed by atoms with Gasteiger partial charge in [0.25, 0.3) is 0 Å². The number of hydrogen-bond donors (Lipinski definition) is 0. The largest absolute Gasteiger partial charge is 0.207 e. The molecule has 0 aromatic heterocycles. The Morgan fingerprint density at radius 3 is 1.08 bits per heavy atom. The van der Waals surface area contributed by atoms with E-state index in [0.717, 1.165) is 32.8 Å². The summed E-state index contributed by atoms with van der Waals surface area (Å²) in [5.41, 5.74) is 7.43. The predicted octanol–water partition coefficient (Wildman–Crippen LogP) is 20.0. The van der Waals surface area contributed by atoms with Gasteiger partial charge in [-0.3, -0.25) is 0 Å². The predicted molar refractivity (Wildman–Crippen MR) is 271 cm³/mol. The summed E-state index contributed by atoms with van der Waals surface area (Å²) in [5, 5.41) is 1.55. The van der Waals surface area contributed by atoms with Crippen molar-refractivity contribution in [2.45, 2.75) is 166 Å². The number of rotatable bonds is 0. The Kier molecular flexibility index (Phi) is 22.8. The molecule has 0 saturated heterocycles. The molecule has 0 aliphatic carbocycles. The van der Waals surface area contributed by atoms with Crippen LogP contribution in [0, 0.1) is 51.0 Å². The van der Waals surface area contributed by atoms with E-state index in [1.165, 1.54) is 11.6 Å². The summed E-state index contributed by atoms with van der Waals surface area (Å²) in [5.74, 6) is -0.969. The van der Waals surface area contributed by atoms with Gasteiger partial charge in [-0.25, -0.2) is 17.6 Å². The minimum absolute atomic E-state index is 0. The molecule has 63 heavy (non-hydrogen) atoms. The van der Waals surface area contributed by atoms with Crippen LogP contribution in [0.1, 0.15) is 161 Å². The molecule has 0 aliphatic heterocycles. The van der Waals surface area contributed by atoms with Crippen molar-refractivity contribution in [3.8, 4) is 0 Å². The second-order valence-electron chi connectivity index (χ2n) is 20.9. The van der Waals surface area contributed by atoms with E-state index in [0.29, 0.717) is 16.7 Å². The normalized spacial score (nSPS) is 11.6. The molecule has 0 unspecified atom stereocenters. The second-order valence-corrected chi connectivity index (χ2v) is 22.5. The molecule has 0 saturated carbocycles. The van der Waals surface area contributed by atoms with Crippen molar-refractivity contribution in [2.75, 3.05) is 0 Å². The molecule has 0 aliphatic rings. The molecule has 0 bridgehead atoms. The highest BCUT2D eigenvalue weighted by Crippen LogP contribution is 2.33. The average molecular weight is 953 g/mol. The van der Waals surface area contributed by atoms with E-state index >= 15 is 0 Å².